The summed E-state index contributed by atoms with van der Waals surface area (Å²) in [5, 5.41) is 21.9. The average Bonchev–Trinajstić information content (AvgIpc) is 3.06. The minimum Gasteiger partial charge on any atom is -0.505 e. The Bertz CT molecular complexity index is 1030. The molecule has 4 fully saturated rings. The van der Waals surface area contributed by atoms with Crippen LogP contribution in [0.25, 0.3) is 0 Å². The van der Waals surface area contributed by atoms with Gasteiger partial charge in [-0.05, 0) is 62.1 Å². The number of para-hydroxylation sites is 1. The van der Waals surface area contributed by atoms with E-state index in [2.05, 4.69) is 18.3 Å². The highest BCUT2D eigenvalue weighted by Crippen LogP contribution is 2.71. The first-order valence-electron chi connectivity index (χ1n) is 10.8. The number of hydrogen-bond acceptors (Lipinski definition) is 5. The zero-order valence-electron chi connectivity index (χ0n) is 17.7. The van der Waals surface area contributed by atoms with Gasteiger partial charge in [0.2, 0.25) is 5.91 Å². The summed E-state index contributed by atoms with van der Waals surface area (Å²) < 4.78 is 6.43. The molecule has 7 heteroatoms. The van der Waals surface area contributed by atoms with E-state index in [-0.39, 0.29) is 52.4 Å². The molecule has 6 atom stereocenters. The second kappa shape index (κ2) is 6.42. The summed E-state index contributed by atoms with van der Waals surface area (Å²) in [5.41, 5.74) is -1.05. The molecule has 1 spiro atoms. The van der Waals surface area contributed by atoms with Gasteiger partial charge in [0.15, 0.2) is 11.5 Å². The molecule has 2 heterocycles. The van der Waals surface area contributed by atoms with Crippen LogP contribution in [0.2, 0.25) is 0 Å². The predicted octanol–water partition coefficient (Wildman–Crippen LogP) is 3.53. The third-order valence-electron chi connectivity index (χ3n) is 8.33. The first-order valence-corrected chi connectivity index (χ1v) is 10.8. The lowest BCUT2D eigenvalue weighted by Crippen LogP contribution is -2.56. The molecule has 4 bridgehead atoms. The fourth-order valence-corrected chi connectivity index (χ4v) is 7.04. The second-order valence-electron chi connectivity index (χ2n) is 10.2. The van der Waals surface area contributed by atoms with Gasteiger partial charge in [-0.2, -0.15) is 0 Å². The van der Waals surface area contributed by atoms with Gasteiger partial charge in [-0.15, -0.1) is 0 Å². The molecule has 164 valence electrons. The fourth-order valence-electron chi connectivity index (χ4n) is 7.04. The lowest BCUT2D eigenvalue weighted by molar-refractivity contribution is -0.169. The number of ketones is 1. The van der Waals surface area contributed by atoms with Crippen LogP contribution in [0.1, 0.15) is 56.3 Å². The highest BCUT2D eigenvalue weighted by Gasteiger charge is 2.71. The molecule has 1 aromatic rings. The number of carboxylic acid groups (broad SMARTS) is 1. The Balaban J connectivity index is 1.34. The van der Waals surface area contributed by atoms with Crippen LogP contribution in [0.3, 0.4) is 0 Å². The molecule has 3 aliphatic carbocycles. The number of aromatic carboxylic acids is 1. The van der Waals surface area contributed by atoms with Gasteiger partial charge in [-0.1, -0.05) is 19.1 Å². The van der Waals surface area contributed by atoms with Crippen molar-refractivity contribution in [1.29, 1.82) is 0 Å². The van der Waals surface area contributed by atoms with Crippen molar-refractivity contribution in [2.24, 2.45) is 22.7 Å². The maximum Gasteiger partial charge on any atom is 0.339 e. The van der Waals surface area contributed by atoms with Crippen LogP contribution in [0.5, 0.6) is 5.75 Å². The number of anilines is 1. The van der Waals surface area contributed by atoms with Crippen LogP contribution in [0.4, 0.5) is 5.69 Å². The van der Waals surface area contributed by atoms with E-state index in [4.69, 9.17) is 9.84 Å². The van der Waals surface area contributed by atoms with Gasteiger partial charge < -0.3 is 20.3 Å². The van der Waals surface area contributed by atoms with E-state index in [1.807, 2.05) is 6.92 Å². The lowest BCUT2D eigenvalue weighted by atomic mass is 9.51. The molecule has 0 unspecified atom stereocenters. The van der Waals surface area contributed by atoms with Crippen LogP contribution >= 0.6 is 0 Å². The number of benzene rings is 1. The van der Waals surface area contributed by atoms with Crippen LogP contribution in [-0.4, -0.2) is 39.6 Å². The second-order valence-corrected chi connectivity index (χ2v) is 10.2. The minimum atomic E-state index is -1.27. The van der Waals surface area contributed by atoms with Crippen molar-refractivity contribution >= 4 is 23.3 Å². The zero-order chi connectivity index (χ0) is 22.2. The first-order chi connectivity index (χ1) is 14.6. The Labute approximate surface area is 180 Å². The number of nitrogens with one attached hydrogen (secondary N) is 1. The number of aromatic hydroxyl groups is 1. The van der Waals surface area contributed by atoms with Crippen molar-refractivity contribution in [3.05, 3.63) is 35.9 Å². The summed E-state index contributed by atoms with van der Waals surface area (Å²) in [5.74, 6) is -1.49. The Kier molecular flexibility index (Phi) is 4.19. The van der Waals surface area contributed by atoms with Crippen molar-refractivity contribution in [2.75, 3.05) is 5.32 Å². The highest BCUT2D eigenvalue weighted by molar-refractivity contribution is 5.99. The Morgan fingerprint density at radius 2 is 2.06 bits per heavy atom. The summed E-state index contributed by atoms with van der Waals surface area (Å²) in [7, 11) is 0. The van der Waals surface area contributed by atoms with Crippen molar-refractivity contribution in [2.45, 2.75) is 57.7 Å². The van der Waals surface area contributed by atoms with Crippen molar-refractivity contribution in [3.63, 3.8) is 0 Å². The van der Waals surface area contributed by atoms with E-state index >= 15 is 0 Å². The highest BCUT2D eigenvalue weighted by atomic mass is 16.5. The molecule has 31 heavy (non-hydrogen) atoms. The van der Waals surface area contributed by atoms with Gasteiger partial charge in [-0.3, -0.25) is 9.59 Å². The van der Waals surface area contributed by atoms with Gasteiger partial charge in [0, 0.05) is 17.8 Å². The van der Waals surface area contributed by atoms with Crippen LogP contribution < -0.4 is 5.32 Å². The van der Waals surface area contributed by atoms with Crippen LogP contribution in [0, 0.1) is 22.7 Å². The number of carbonyl (C=O) groups excluding carboxylic acids is 2. The summed E-state index contributed by atoms with van der Waals surface area (Å²) in [6.45, 7) is 4.15. The van der Waals surface area contributed by atoms with E-state index in [1.165, 1.54) is 18.2 Å². The third kappa shape index (κ3) is 2.79. The number of allylic oxidation sites excluding steroid dienone is 2. The number of carboxylic acids is 1. The smallest absolute Gasteiger partial charge is 0.339 e. The molecule has 6 rings (SSSR count). The van der Waals surface area contributed by atoms with Crippen LogP contribution in [0.15, 0.2) is 30.4 Å². The average molecular weight is 425 g/mol. The molecule has 1 aromatic carbocycles. The number of ether oxygens (including phenoxy) is 1. The normalized spacial score (nSPS) is 39.5. The molecule has 0 radical (unpaired) electrons. The van der Waals surface area contributed by atoms with E-state index in [0.717, 1.165) is 19.3 Å². The van der Waals surface area contributed by atoms with E-state index in [9.17, 15) is 19.5 Å². The van der Waals surface area contributed by atoms with Crippen LogP contribution in [-0.2, 0) is 14.3 Å². The molecular formula is C24H27NO6. The Hall–Kier alpha value is -2.67. The van der Waals surface area contributed by atoms with Gasteiger partial charge in [0.05, 0.1) is 17.4 Å². The number of phenols is 1. The Morgan fingerprint density at radius 1 is 1.29 bits per heavy atom. The minimum absolute atomic E-state index is 0.0339. The summed E-state index contributed by atoms with van der Waals surface area (Å²) in [6, 6.07) is 4.18. The first kappa shape index (κ1) is 20.2. The van der Waals surface area contributed by atoms with E-state index in [1.54, 1.807) is 6.08 Å². The molecule has 2 saturated heterocycles. The topological polar surface area (TPSA) is 113 Å². The van der Waals surface area contributed by atoms with Gasteiger partial charge >= 0.3 is 5.97 Å². The van der Waals surface area contributed by atoms with Crippen molar-refractivity contribution < 1.29 is 29.3 Å². The molecule has 2 aliphatic heterocycles. The van der Waals surface area contributed by atoms with Crippen molar-refractivity contribution in [3.8, 4) is 5.75 Å². The maximum atomic E-state index is 13.1. The van der Waals surface area contributed by atoms with Gasteiger partial charge in [-0.25, -0.2) is 4.79 Å². The van der Waals surface area contributed by atoms with E-state index in [0.29, 0.717) is 12.3 Å². The van der Waals surface area contributed by atoms with E-state index < -0.39 is 17.1 Å². The molecule has 7 nitrogen and oxygen atoms in total. The Morgan fingerprint density at radius 3 is 2.77 bits per heavy atom. The SMILES string of the molecule is C[C@]12C[C@@]34C=CC(=O)[C@@](C)(CCC(=O)Nc5cccc(C(=O)O)c5O)[C@@H]3[C@H](C[C@H]1C4)O2. The van der Waals surface area contributed by atoms with Gasteiger partial charge in [0.1, 0.15) is 5.56 Å². The number of amides is 1. The fraction of sp³-hybridized carbons (Fsp3) is 0.542. The molecule has 2 saturated carbocycles. The maximum absolute atomic E-state index is 13.1. The predicted molar refractivity (Wildman–Crippen MR) is 112 cm³/mol. The summed E-state index contributed by atoms with van der Waals surface area (Å²) in [4.78, 5) is 36.9. The monoisotopic (exact) mass is 425 g/mol. The molecule has 3 N–H and O–H groups in total. The molecule has 5 aliphatic rings. The van der Waals surface area contributed by atoms with Crippen molar-refractivity contribution in [1.82, 2.24) is 0 Å². The number of hydrogen-bond donors (Lipinski definition) is 3. The summed E-state index contributed by atoms with van der Waals surface area (Å²) >= 11 is 0. The summed E-state index contributed by atoms with van der Waals surface area (Å²) in [6.07, 6.45) is 7.26. The lowest BCUT2D eigenvalue weighted by Gasteiger charge is -2.55. The zero-order valence-corrected chi connectivity index (χ0v) is 17.7. The van der Waals surface area contributed by atoms with Gasteiger partial charge in [0.25, 0.3) is 0 Å². The number of carbonyl (C=O) groups is 3. The largest absolute Gasteiger partial charge is 0.505 e. The standard InChI is InChI=1S/C24H27NO6/c1-22(8-7-18(27)25-15-5-3-4-14(19(15)28)21(29)30)17(26)6-9-24-11-13-10-16(20(22)24)31-23(13,2)12-24/h3-6,9,13,16,20,28H,7-8,10-12H2,1-2H3,(H,25,27)(H,29,30)/t13-,16-,20-,22+,23-,24-/m0/s1. The molecule has 1 amide bonds. The quantitative estimate of drug-likeness (QED) is 0.622. The number of rotatable bonds is 5. The molecule has 0 aromatic heterocycles. The molecular weight excluding hydrogens is 398 g/mol. The third-order valence-corrected chi connectivity index (χ3v) is 8.33.